The third-order valence-electron chi connectivity index (χ3n) is 5.34. The highest BCUT2D eigenvalue weighted by atomic mass is 35.5. The predicted octanol–water partition coefficient (Wildman–Crippen LogP) is 8.22. The lowest BCUT2D eigenvalue weighted by atomic mass is 10.1. The first-order valence-electron chi connectivity index (χ1n) is 10.9. The van der Waals surface area contributed by atoms with E-state index in [1.54, 1.807) is 12.1 Å². The fourth-order valence-electron chi connectivity index (χ4n) is 3.65. The first-order valence-corrected chi connectivity index (χ1v) is 12.1. The number of fused-ring (bicyclic) bond motifs is 1. The summed E-state index contributed by atoms with van der Waals surface area (Å²) < 4.78 is 83.1. The number of rotatable bonds is 5. The van der Waals surface area contributed by atoms with Gasteiger partial charge in [-0.1, -0.05) is 47.2 Å². The van der Waals surface area contributed by atoms with Crippen molar-refractivity contribution in [2.45, 2.75) is 12.5 Å². The number of anilines is 1. The molecule has 0 spiro atoms. The van der Waals surface area contributed by atoms with Gasteiger partial charge in [0.05, 0.1) is 26.6 Å². The van der Waals surface area contributed by atoms with Crippen LogP contribution in [0.25, 0.3) is 27.2 Å². The maximum absolute atomic E-state index is 13.4. The highest BCUT2D eigenvalue weighted by Gasteiger charge is 2.35. The Hall–Kier alpha value is -4.10. The van der Waals surface area contributed by atoms with Crippen molar-refractivity contribution in [1.82, 2.24) is 14.8 Å². The van der Waals surface area contributed by atoms with Gasteiger partial charge in [0.2, 0.25) is 0 Å². The Bertz CT molecular complexity index is 1690. The van der Waals surface area contributed by atoms with E-state index in [0.29, 0.717) is 15.8 Å². The minimum absolute atomic E-state index is 0. The smallest absolute Gasteiger partial charge is 0.406 e. The van der Waals surface area contributed by atoms with Gasteiger partial charge in [-0.15, -0.1) is 13.2 Å². The van der Waals surface area contributed by atoms with Crippen LogP contribution in [-0.4, -0.2) is 27.0 Å². The Labute approximate surface area is 225 Å². The van der Waals surface area contributed by atoms with Crippen molar-refractivity contribution in [1.29, 1.82) is 0 Å². The molecule has 0 saturated carbocycles. The molecule has 0 fully saturated rings. The maximum Gasteiger partial charge on any atom is 0.573 e. The van der Waals surface area contributed by atoms with Crippen LogP contribution in [0.1, 0.15) is 17.5 Å². The number of ether oxygens (including phenoxy) is 1. The average molecular weight is 585 g/mol. The van der Waals surface area contributed by atoms with Crippen molar-refractivity contribution in [2.75, 3.05) is 5.32 Å². The van der Waals surface area contributed by atoms with Crippen LogP contribution < -0.4 is 10.1 Å². The molecule has 6 nitrogen and oxygen atoms in total. The van der Waals surface area contributed by atoms with Gasteiger partial charge in [-0.3, -0.25) is 10.1 Å². The number of alkyl halides is 6. The SMILES string of the molecule is O=C(Nc1nc2ccc(OC(F)(F)F)cc2s1)c1ccc(-c2cc(C(F)(F)F)nn2-c2ccccc2Cl)cc1.[HH]. The number of benzene rings is 3. The molecular formula is C25H15ClF6N4O2S. The second-order valence-electron chi connectivity index (χ2n) is 8.00. The van der Waals surface area contributed by atoms with E-state index in [-0.39, 0.29) is 28.5 Å². The zero-order valence-electron chi connectivity index (χ0n) is 19.1. The highest BCUT2D eigenvalue weighted by Crippen LogP contribution is 2.35. The summed E-state index contributed by atoms with van der Waals surface area (Å²) in [5.41, 5.74) is 0.0921. The van der Waals surface area contributed by atoms with Crippen LogP contribution in [0.3, 0.4) is 0 Å². The van der Waals surface area contributed by atoms with Gasteiger partial charge in [0.15, 0.2) is 10.8 Å². The number of carbonyl (C=O) groups excluding carboxylic acids is 1. The number of aromatic nitrogens is 3. The largest absolute Gasteiger partial charge is 0.573 e. The molecule has 202 valence electrons. The van der Waals surface area contributed by atoms with Crippen molar-refractivity contribution in [3.8, 4) is 22.7 Å². The molecule has 0 saturated heterocycles. The van der Waals surface area contributed by atoms with E-state index in [1.807, 2.05) is 0 Å². The summed E-state index contributed by atoms with van der Waals surface area (Å²) in [6, 6.07) is 16.5. The average Bonchev–Trinajstić information content (AvgIpc) is 3.47. The van der Waals surface area contributed by atoms with Gasteiger partial charge in [0.25, 0.3) is 5.91 Å². The minimum Gasteiger partial charge on any atom is -0.406 e. The molecule has 2 heterocycles. The lowest BCUT2D eigenvalue weighted by molar-refractivity contribution is -0.274. The molecule has 0 aliphatic rings. The number of hydrogen-bond acceptors (Lipinski definition) is 5. The molecule has 1 N–H and O–H groups in total. The lowest BCUT2D eigenvalue weighted by Crippen LogP contribution is -2.16. The zero-order chi connectivity index (χ0) is 27.9. The molecule has 5 aromatic rings. The van der Waals surface area contributed by atoms with Gasteiger partial charge in [0.1, 0.15) is 5.75 Å². The second-order valence-corrected chi connectivity index (χ2v) is 9.44. The normalized spacial score (nSPS) is 12.1. The lowest BCUT2D eigenvalue weighted by Gasteiger charge is -2.10. The standard InChI is InChI=1S/C25H13ClF6N4O2S.H2/c26-16-3-1-2-4-18(16)36-19(12-21(35-36)24(27,28)29)13-5-7-14(8-6-13)22(37)34-23-33-17-10-9-15(11-20(17)39-23)38-25(30,31)32;/h1-12H,(H,33,34,37);1H. The van der Waals surface area contributed by atoms with Crippen LogP contribution in [0.5, 0.6) is 5.75 Å². The predicted molar refractivity (Wildman–Crippen MR) is 135 cm³/mol. The third kappa shape index (κ3) is 5.83. The molecule has 0 aliphatic carbocycles. The zero-order valence-corrected chi connectivity index (χ0v) is 20.7. The first kappa shape index (κ1) is 26.5. The van der Waals surface area contributed by atoms with Crippen molar-refractivity contribution >= 4 is 44.2 Å². The van der Waals surface area contributed by atoms with E-state index in [9.17, 15) is 31.1 Å². The Morgan fingerprint density at radius 2 is 1.69 bits per heavy atom. The van der Waals surface area contributed by atoms with Crippen molar-refractivity contribution in [2.24, 2.45) is 0 Å². The molecule has 0 atom stereocenters. The Kier molecular flexibility index (Phi) is 6.72. The summed E-state index contributed by atoms with van der Waals surface area (Å²) in [5, 5.41) is 6.59. The van der Waals surface area contributed by atoms with Crippen molar-refractivity contribution in [3.05, 3.63) is 89.1 Å². The monoisotopic (exact) mass is 584 g/mol. The molecule has 14 heteroatoms. The summed E-state index contributed by atoms with van der Waals surface area (Å²) >= 11 is 7.14. The molecular weight excluding hydrogens is 570 g/mol. The fourth-order valence-corrected chi connectivity index (χ4v) is 4.75. The van der Waals surface area contributed by atoms with E-state index >= 15 is 0 Å². The van der Waals surface area contributed by atoms with E-state index in [1.165, 1.54) is 42.5 Å². The fraction of sp³-hybridized carbons (Fsp3) is 0.0800. The van der Waals surface area contributed by atoms with Gasteiger partial charge < -0.3 is 4.74 Å². The Morgan fingerprint density at radius 1 is 0.974 bits per heavy atom. The molecule has 0 radical (unpaired) electrons. The number of nitrogens with one attached hydrogen (secondary N) is 1. The summed E-state index contributed by atoms with van der Waals surface area (Å²) in [5.74, 6) is -1.00. The molecule has 1 amide bonds. The van der Waals surface area contributed by atoms with E-state index in [2.05, 4.69) is 20.1 Å². The van der Waals surface area contributed by atoms with Crippen LogP contribution >= 0.6 is 22.9 Å². The van der Waals surface area contributed by atoms with Gasteiger partial charge in [0, 0.05) is 18.6 Å². The quantitative estimate of drug-likeness (QED) is 0.211. The number of carbonyl (C=O) groups is 1. The summed E-state index contributed by atoms with van der Waals surface area (Å²) in [6.07, 6.45) is -9.54. The molecule has 0 aliphatic heterocycles. The van der Waals surface area contributed by atoms with Crippen molar-refractivity contribution in [3.63, 3.8) is 0 Å². The van der Waals surface area contributed by atoms with Gasteiger partial charge in [-0.25, -0.2) is 9.67 Å². The highest BCUT2D eigenvalue weighted by molar-refractivity contribution is 7.22. The number of thiazole rings is 1. The third-order valence-corrected chi connectivity index (χ3v) is 6.59. The first-order chi connectivity index (χ1) is 18.4. The number of hydrogen-bond donors (Lipinski definition) is 1. The summed E-state index contributed by atoms with van der Waals surface area (Å²) in [6.45, 7) is 0. The van der Waals surface area contributed by atoms with Gasteiger partial charge in [-0.05, 0) is 42.5 Å². The number of amides is 1. The maximum atomic E-state index is 13.4. The van der Waals surface area contributed by atoms with E-state index < -0.39 is 29.9 Å². The molecule has 0 bridgehead atoms. The minimum atomic E-state index is -4.85. The van der Waals surface area contributed by atoms with Crippen LogP contribution in [0.15, 0.2) is 72.8 Å². The molecule has 39 heavy (non-hydrogen) atoms. The van der Waals surface area contributed by atoms with Crippen LogP contribution in [-0.2, 0) is 6.18 Å². The van der Waals surface area contributed by atoms with E-state index in [0.717, 1.165) is 34.2 Å². The van der Waals surface area contributed by atoms with Crippen LogP contribution in [0, 0.1) is 0 Å². The molecule has 0 unspecified atom stereocenters. The molecule has 5 rings (SSSR count). The summed E-state index contributed by atoms with van der Waals surface area (Å²) in [4.78, 5) is 16.9. The Morgan fingerprint density at radius 3 is 2.36 bits per heavy atom. The van der Waals surface area contributed by atoms with E-state index in [4.69, 9.17) is 11.6 Å². The van der Waals surface area contributed by atoms with Gasteiger partial charge in [-0.2, -0.15) is 18.3 Å². The van der Waals surface area contributed by atoms with Crippen LogP contribution in [0.2, 0.25) is 5.02 Å². The summed E-state index contributed by atoms with van der Waals surface area (Å²) in [7, 11) is 0. The molecule has 3 aromatic carbocycles. The van der Waals surface area contributed by atoms with Crippen molar-refractivity contribution < 1.29 is 37.3 Å². The number of nitrogens with zero attached hydrogens (tertiary/aromatic N) is 3. The van der Waals surface area contributed by atoms with Gasteiger partial charge >= 0.3 is 12.5 Å². The number of halogens is 7. The topological polar surface area (TPSA) is 69.0 Å². The second kappa shape index (κ2) is 9.89. The van der Waals surface area contributed by atoms with Crippen LogP contribution in [0.4, 0.5) is 31.5 Å². The molecule has 2 aromatic heterocycles. The Balaban J connectivity index is 0.00000370. The number of para-hydroxylation sites is 1.